The van der Waals surface area contributed by atoms with Gasteiger partial charge >= 0.3 is 12.1 Å². The number of anilines is 3. The molecule has 1 aromatic heterocycles. The zero-order valence-electron chi connectivity index (χ0n) is 33.3. The molecule has 15 nitrogen and oxygen atoms in total. The first-order valence-electron chi connectivity index (χ1n) is 17.6. The normalized spacial score (nSPS) is 12.3. The van der Waals surface area contributed by atoms with E-state index in [1.165, 1.54) is 38.5 Å². The number of carbonyl (C=O) groups is 3. The van der Waals surface area contributed by atoms with Crippen LogP contribution in [-0.4, -0.2) is 80.3 Å². The van der Waals surface area contributed by atoms with Crippen LogP contribution in [0.15, 0.2) is 59.8 Å². The number of sulfonamides is 1. The van der Waals surface area contributed by atoms with Crippen LogP contribution in [0.25, 0.3) is 0 Å². The molecule has 0 fully saturated rings. The zero-order chi connectivity index (χ0) is 43.2. The van der Waals surface area contributed by atoms with Gasteiger partial charge in [-0.25, -0.2) is 31.3 Å². The molecule has 1 atom stereocenters. The minimum absolute atomic E-state index is 0.0162. The fourth-order valence-electron chi connectivity index (χ4n) is 5.21. The molecule has 4 rings (SSSR count). The maximum Gasteiger partial charge on any atom is 0.414 e. The molecule has 314 valence electrons. The molecule has 20 heteroatoms. The largest absolute Gasteiger partial charge is 0.497 e. The lowest BCUT2D eigenvalue weighted by Crippen LogP contribution is -2.45. The van der Waals surface area contributed by atoms with Crippen LogP contribution < -0.4 is 29.3 Å². The number of carbonyl (C=O) groups excluding carboxylic acids is 3. The van der Waals surface area contributed by atoms with Crippen molar-refractivity contribution in [3.8, 4) is 11.5 Å². The van der Waals surface area contributed by atoms with E-state index < -0.39 is 74.0 Å². The maximum atomic E-state index is 15.9. The lowest BCUT2D eigenvalue weighted by atomic mass is 10.1. The van der Waals surface area contributed by atoms with Gasteiger partial charge in [0.1, 0.15) is 51.6 Å². The number of rotatable bonds is 15. The van der Waals surface area contributed by atoms with Crippen molar-refractivity contribution in [2.24, 2.45) is 0 Å². The van der Waals surface area contributed by atoms with Crippen LogP contribution in [0, 0.1) is 11.6 Å². The molecule has 0 bridgehead atoms. The van der Waals surface area contributed by atoms with Crippen LogP contribution in [-0.2, 0) is 30.8 Å². The molecule has 3 aromatic carbocycles. The van der Waals surface area contributed by atoms with Gasteiger partial charge in [0.05, 0.1) is 37.7 Å². The molecule has 1 unspecified atom stereocenters. The van der Waals surface area contributed by atoms with Crippen molar-refractivity contribution in [2.45, 2.75) is 77.2 Å². The van der Waals surface area contributed by atoms with Crippen molar-refractivity contribution in [3.63, 3.8) is 0 Å². The number of esters is 1. The Labute approximate surface area is 344 Å². The molecule has 58 heavy (non-hydrogen) atoms. The summed E-state index contributed by atoms with van der Waals surface area (Å²) in [5.41, 5.74) is -2.34. The number of nitrogens with one attached hydrogen (secondary N) is 2. The Hall–Kier alpha value is -5.11. The van der Waals surface area contributed by atoms with E-state index >= 15 is 8.78 Å². The number of benzene rings is 3. The van der Waals surface area contributed by atoms with Gasteiger partial charge in [0.2, 0.25) is 5.13 Å². The van der Waals surface area contributed by atoms with Gasteiger partial charge < -0.3 is 29.6 Å². The Morgan fingerprint density at radius 3 is 2.22 bits per heavy atom. The van der Waals surface area contributed by atoms with Gasteiger partial charge in [-0.05, 0) is 84.9 Å². The van der Waals surface area contributed by atoms with Gasteiger partial charge in [-0.3, -0.25) is 14.5 Å². The van der Waals surface area contributed by atoms with Gasteiger partial charge in [0.15, 0.2) is 0 Å². The second kappa shape index (κ2) is 18.6. The highest BCUT2D eigenvalue weighted by atomic mass is 35.5. The zero-order valence-corrected chi connectivity index (χ0v) is 35.7. The third-order valence-corrected chi connectivity index (χ3v) is 10.7. The molecular weight excluding hydrogens is 822 g/mol. The molecule has 2 amide bonds. The number of hydrogen-bond acceptors (Lipinski definition) is 13. The van der Waals surface area contributed by atoms with Crippen LogP contribution in [0.1, 0.15) is 64.4 Å². The molecule has 0 spiro atoms. The van der Waals surface area contributed by atoms with E-state index in [1.807, 2.05) is 0 Å². The first-order valence-corrected chi connectivity index (χ1v) is 20.2. The summed E-state index contributed by atoms with van der Waals surface area (Å²) in [6.45, 7) is 11.1. The average molecular weight is 867 g/mol. The fraction of sp³-hybridized carbons (Fsp3) is 0.395. The smallest absolute Gasteiger partial charge is 0.414 e. The third-order valence-electron chi connectivity index (χ3n) is 7.86. The van der Waals surface area contributed by atoms with Gasteiger partial charge in [-0.1, -0.05) is 11.6 Å². The van der Waals surface area contributed by atoms with Gasteiger partial charge in [0, 0.05) is 47.3 Å². The molecular formula is C38H45ClF2N6O9S2. The van der Waals surface area contributed by atoms with Crippen molar-refractivity contribution in [3.05, 3.63) is 82.6 Å². The Bertz CT molecular complexity index is 2230. The van der Waals surface area contributed by atoms with Crippen LogP contribution >= 0.6 is 23.1 Å². The third kappa shape index (κ3) is 11.7. The quantitative estimate of drug-likeness (QED) is 0.115. The van der Waals surface area contributed by atoms with E-state index in [0.717, 1.165) is 15.5 Å². The molecule has 4 aromatic rings. The summed E-state index contributed by atoms with van der Waals surface area (Å²) in [5.74, 6) is -3.55. The first kappa shape index (κ1) is 45.6. The summed E-state index contributed by atoms with van der Waals surface area (Å²) in [4.78, 5) is 44.0. The Morgan fingerprint density at radius 2 is 1.62 bits per heavy atom. The minimum atomic E-state index is -4.87. The molecule has 0 saturated heterocycles. The number of halogens is 3. The Kier molecular flexibility index (Phi) is 14.7. The first-order chi connectivity index (χ1) is 27.0. The number of nitrogens with zero attached hydrogens (tertiary/aromatic N) is 4. The Morgan fingerprint density at radius 1 is 0.931 bits per heavy atom. The van der Waals surface area contributed by atoms with Crippen LogP contribution in [0.3, 0.4) is 0 Å². The maximum absolute atomic E-state index is 15.9. The lowest BCUT2D eigenvalue weighted by Gasteiger charge is -2.29. The van der Waals surface area contributed by atoms with Crippen molar-refractivity contribution in [2.75, 3.05) is 41.8 Å². The van der Waals surface area contributed by atoms with Crippen LogP contribution in [0.5, 0.6) is 11.5 Å². The Balaban J connectivity index is 1.66. The summed E-state index contributed by atoms with van der Waals surface area (Å²) < 4.78 is 86.1. The molecule has 1 heterocycles. The molecule has 0 aliphatic carbocycles. The molecule has 0 radical (unpaired) electrons. The molecule has 0 saturated carbocycles. The summed E-state index contributed by atoms with van der Waals surface area (Å²) in [5, 5.41) is 5.23. The number of aromatic nitrogens is 2. The van der Waals surface area contributed by atoms with Crippen molar-refractivity contribution in [1.82, 2.24) is 14.7 Å². The van der Waals surface area contributed by atoms with Gasteiger partial charge in [-0.2, -0.15) is 4.37 Å². The molecule has 0 aliphatic rings. The topological polar surface area (TPSA) is 179 Å². The van der Waals surface area contributed by atoms with Gasteiger partial charge in [0.25, 0.3) is 15.9 Å². The van der Waals surface area contributed by atoms with E-state index in [0.29, 0.717) is 35.0 Å². The minimum Gasteiger partial charge on any atom is -0.497 e. The number of hydrogen-bond donors (Lipinski definition) is 2. The molecule has 2 N–H and O–H groups in total. The molecule has 0 aliphatic heterocycles. The summed E-state index contributed by atoms with van der Waals surface area (Å²) in [7, 11) is -2.05. The van der Waals surface area contributed by atoms with E-state index in [-0.39, 0.29) is 40.2 Å². The number of amides is 2. The number of ether oxygens (including phenoxy) is 4. The van der Waals surface area contributed by atoms with E-state index in [4.69, 9.17) is 30.5 Å². The summed E-state index contributed by atoms with van der Waals surface area (Å²) >= 11 is 7.03. The lowest BCUT2D eigenvalue weighted by molar-refractivity contribution is -0.156. The predicted octanol–water partition coefficient (Wildman–Crippen LogP) is 7.20. The number of methoxy groups -OCH3 is 2. The second-order valence-corrected chi connectivity index (χ2v) is 17.7. The van der Waals surface area contributed by atoms with Crippen molar-refractivity contribution in [1.29, 1.82) is 0 Å². The fourth-order valence-corrected chi connectivity index (χ4v) is 7.57. The van der Waals surface area contributed by atoms with Gasteiger partial charge in [-0.15, -0.1) is 0 Å². The predicted molar refractivity (Wildman–Crippen MR) is 215 cm³/mol. The summed E-state index contributed by atoms with van der Waals surface area (Å²) in [6.07, 6.45) is 0.230. The summed E-state index contributed by atoms with van der Waals surface area (Å²) in [6, 6.07) is 8.76. The highest BCUT2D eigenvalue weighted by Crippen LogP contribution is 2.34. The highest BCUT2D eigenvalue weighted by Gasteiger charge is 2.33. The monoisotopic (exact) mass is 866 g/mol. The van der Waals surface area contributed by atoms with Crippen LogP contribution in [0.4, 0.5) is 30.1 Å². The average Bonchev–Trinajstić information content (AvgIpc) is 3.66. The van der Waals surface area contributed by atoms with Crippen molar-refractivity contribution < 1.29 is 50.5 Å². The van der Waals surface area contributed by atoms with E-state index in [1.54, 1.807) is 60.6 Å². The van der Waals surface area contributed by atoms with Crippen molar-refractivity contribution >= 4 is 67.6 Å². The second-order valence-electron chi connectivity index (χ2n) is 14.6. The van der Waals surface area contributed by atoms with Crippen LogP contribution in [0.2, 0.25) is 5.02 Å². The SMILES string of the molecule is COc1ccc(CN(c2ncns2)S(=O)(=O)c2cc(F)c(NC(=O)c3ccc(Cl)cc3N(CCNC(C)C(=O)OC(C)(C)C)C(=O)OC(C)(C)C)cc2F)c(OC)c1. The van der Waals surface area contributed by atoms with E-state index in [9.17, 15) is 22.8 Å². The standard InChI is InChI=1S/C38H45ClF2N6O9S2/c1-22(34(49)55-37(2,3)4)42-14-15-46(36(50)56-38(5,6)7)30-16-24(39)11-13-26(30)33(48)45-29-18-28(41)32(19-27(29)40)58(51,52)47(35-43-21-44-57-35)20-23-10-12-25(53-8)17-31(23)54-9/h10-13,16-19,21-22,42H,14-15,20H2,1-9H3,(H,45,48). The van der Waals surface area contributed by atoms with E-state index in [2.05, 4.69) is 20.0 Å². The highest BCUT2D eigenvalue weighted by molar-refractivity contribution is 7.93.